The molecule has 2 aromatic carbocycles. The molecule has 2 saturated heterocycles. The summed E-state index contributed by atoms with van der Waals surface area (Å²) in [6.45, 7) is 12.7. The lowest BCUT2D eigenvalue weighted by molar-refractivity contribution is -0.175. The van der Waals surface area contributed by atoms with Gasteiger partial charge < -0.3 is 50.4 Å². The Labute approximate surface area is 398 Å². The zero-order valence-electron chi connectivity index (χ0n) is 37.3. The molecular formula is C44H55BCl3N7O11. The fourth-order valence-corrected chi connectivity index (χ4v) is 8.55. The highest BCUT2D eigenvalue weighted by Gasteiger charge is 2.54. The highest BCUT2D eigenvalue weighted by Crippen LogP contribution is 2.43. The van der Waals surface area contributed by atoms with Crippen molar-refractivity contribution in [2.75, 3.05) is 44.2 Å². The first kappa shape index (κ1) is 51.9. The van der Waals surface area contributed by atoms with Crippen LogP contribution in [0.3, 0.4) is 0 Å². The highest BCUT2D eigenvalue weighted by atomic mass is 35.5. The Balaban J connectivity index is 0.000000248. The van der Waals surface area contributed by atoms with Crippen molar-refractivity contribution >= 4 is 83.4 Å². The number of carboxylic acid groups (broad SMARTS) is 2. The number of aliphatic hydroxyl groups excluding tert-OH is 1. The van der Waals surface area contributed by atoms with Crippen LogP contribution in [0, 0.1) is 5.92 Å². The molecule has 2 fully saturated rings. The van der Waals surface area contributed by atoms with E-state index in [1.165, 1.54) is 18.2 Å². The van der Waals surface area contributed by atoms with Crippen molar-refractivity contribution in [3.05, 3.63) is 86.2 Å². The first-order valence-corrected chi connectivity index (χ1v) is 22.7. The average molecular weight is 975 g/mol. The molecule has 356 valence electrons. The minimum atomic E-state index is -2.34. The fourth-order valence-electron chi connectivity index (χ4n) is 8.05. The maximum atomic E-state index is 13.5. The van der Waals surface area contributed by atoms with E-state index in [1.54, 1.807) is 20.2 Å². The molecule has 0 saturated carbocycles. The quantitative estimate of drug-likeness (QED) is 0.107. The van der Waals surface area contributed by atoms with Crippen LogP contribution < -0.4 is 20.9 Å². The lowest BCUT2D eigenvalue weighted by atomic mass is 9.70. The van der Waals surface area contributed by atoms with Crippen LogP contribution in [0.5, 0.6) is 0 Å². The fraction of sp³-hybridized carbons (Fsp3) is 0.500. The summed E-state index contributed by atoms with van der Waals surface area (Å²) in [6, 6.07) is 12.1. The van der Waals surface area contributed by atoms with Crippen LogP contribution in [0.2, 0.25) is 15.1 Å². The standard InChI is InChI=1S/C24H32ClN5O2.C20H23BCl2N2O9/c1-15(2)26-13-19(17-4-6-18(25)7-5-17)24(32)30-10-8-29(9-11-30)23-21-16(3)12-20(31)22(21)27-14-28-23;1-10(2)5-14(21-33-17(29)8-20(34-21,19(31)32)7-16(27)28)25-15(26)9-24-18(30)12-6-11(22)3-4-13(12)23/h4-7,14-16,19-20,26,31H,8-13H2,1-3H3;3-4,6,10,14H,5,7-9H2,1-2H3,(H,24,30)(H,25,26)(H,27,28)(H,31,32). The number of aliphatic hydroxyl groups is 1. The summed E-state index contributed by atoms with van der Waals surface area (Å²) < 4.78 is 10.6. The third kappa shape index (κ3) is 13.5. The van der Waals surface area contributed by atoms with E-state index in [0.29, 0.717) is 50.2 Å². The molecule has 0 bridgehead atoms. The Hall–Kier alpha value is -5.05. The van der Waals surface area contributed by atoms with Gasteiger partial charge in [0.2, 0.25) is 11.8 Å². The number of benzene rings is 2. The molecule has 1 aromatic heterocycles. The number of anilines is 1. The molecule has 3 heterocycles. The number of aliphatic carboxylic acids is 2. The Morgan fingerprint density at radius 1 is 0.955 bits per heavy atom. The summed E-state index contributed by atoms with van der Waals surface area (Å²) >= 11 is 17.9. The monoisotopic (exact) mass is 973 g/mol. The third-order valence-electron chi connectivity index (χ3n) is 11.3. The van der Waals surface area contributed by atoms with Crippen molar-refractivity contribution < 1.29 is 53.4 Å². The number of aromatic nitrogens is 2. The lowest BCUT2D eigenvalue weighted by Gasteiger charge is -2.38. The molecule has 2 aliphatic heterocycles. The number of carboxylic acids is 2. The SMILES string of the molecule is CC(C)CC(NC(=O)CNC(=O)c1cc(Cl)ccc1Cl)B1OC(=O)CC(CC(=O)O)(C(=O)O)O1.CC(C)NCC(C(=O)N1CCN(c2ncnc3c2C(C)CC3O)CC1)c1ccc(Cl)cc1. The van der Waals surface area contributed by atoms with Crippen molar-refractivity contribution in [1.82, 2.24) is 30.8 Å². The van der Waals surface area contributed by atoms with Crippen molar-refractivity contribution in [1.29, 1.82) is 0 Å². The Kier molecular flexibility index (Phi) is 18.2. The number of carbonyl (C=O) groups is 6. The number of fused-ring (bicyclic) bond motifs is 1. The van der Waals surface area contributed by atoms with E-state index in [-0.39, 0.29) is 45.7 Å². The van der Waals surface area contributed by atoms with Gasteiger partial charge in [-0.15, -0.1) is 0 Å². The van der Waals surface area contributed by atoms with Gasteiger partial charge in [0.05, 0.1) is 53.6 Å². The predicted molar refractivity (Wildman–Crippen MR) is 246 cm³/mol. The molecular weight excluding hydrogens is 920 g/mol. The molecule has 3 aromatic rings. The van der Waals surface area contributed by atoms with Crippen LogP contribution in [0.4, 0.5) is 5.82 Å². The van der Waals surface area contributed by atoms with Gasteiger partial charge in [-0.1, -0.05) is 81.6 Å². The topological polar surface area (TPSA) is 250 Å². The van der Waals surface area contributed by atoms with Crippen molar-refractivity contribution in [3.63, 3.8) is 0 Å². The van der Waals surface area contributed by atoms with Gasteiger partial charge in [0, 0.05) is 54.4 Å². The van der Waals surface area contributed by atoms with E-state index < -0.39 is 73.9 Å². The largest absolute Gasteiger partial charge is 0.552 e. The van der Waals surface area contributed by atoms with Gasteiger partial charge in [-0.2, -0.15) is 0 Å². The zero-order valence-corrected chi connectivity index (χ0v) is 39.5. The molecule has 22 heteroatoms. The zero-order chi connectivity index (χ0) is 48.5. The van der Waals surface area contributed by atoms with E-state index in [1.807, 2.05) is 29.2 Å². The van der Waals surface area contributed by atoms with E-state index in [0.717, 1.165) is 22.6 Å². The number of nitrogens with zero attached hydrogens (tertiary/aromatic N) is 4. The van der Waals surface area contributed by atoms with Gasteiger partial charge in [-0.05, 0) is 60.6 Å². The van der Waals surface area contributed by atoms with E-state index in [9.17, 15) is 39.0 Å². The number of hydrogen-bond acceptors (Lipinski definition) is 13. The summed E-state index contributed by atoms with van der Waals surface area (Å²) in [7, 11) is -1.55. The Morgan fingerprint density at radius 2 is 1.62 bits per heavy atom. The number of carbonyl (C=O) groups excluding carboxylic acids is 4. The third-order valence-corrected chi connectivity index (χ3v) is 12.1. The van der Waals surface area contributed by atoms with Crippen LogP contribution >= 0.6 is 34.8 Å². The molecule has 5 atom stereocenters. The molecule has 0 spiro atoms. The van der Waals surface area contributed by atoms with Crippen LogP contribution in [0.15, 0.2) is 48.8 Å². The van der Waals surface area contributed by atoms with Crippen LogP contribution in [-0.2, 0) is 33.3 Å². The average Bonchev–Trinajstić information content (AvgIpc) is 3.55. The van der Waals surface area contributed by atoms with Gasteiger partial charge in [0.1, 0.15) is 12.1 Å². The summed E-state index contributed by atoms with van der Waals surface area (Å²) in [5.74, 6) is -5.52. The number of amides is 3. The molecule has 0 radical (unpaired) electrons. The van der Waals surface area contributed by atoms with Crippen LogP contribution in [0.1, 0.15) is 105 Å². The minimum Gasteiger partial charge on any atom is -0.508 e. The number of nitrogens with one attached hydrogen (secondary N) is 3. The predicted octanol–water partition coefficient (Wildman–Crippen LogP) is 4.64. The molecule has 66 heavy (non-hydrogen) atoms. The van der Waals surface area contributed by atoms with Crippen LogP contribution in [0.25, 0.3) is 0 Å². The number of piperazine rings is 1. The maximum Gasteiger partial charge on any atom is 0.552 e. The van der Waals surface area contributed by atoms with Gasteiger partial charge in [0.25, 0.3) is 11.9 Å². The normalized spacial score (nSPS) is 20.2. The van der Waals surface area contributed by atoms with Gasteiger partial charge in [0.15, 0.2) is 5.60 Å². The minimum absolute atomic E-state index is 0.0603. The van der Waals surface area contributed by atoms with E-state index >= 15 is 0 Å². The molecule has 6 N–H and O–H groups in total. The van der Waals surface area contributed by atoms with Crippen LogP contribution in [-0.4, -0.2) is 130 Å². The smallest absolute Gasteiger partial charge is 0.508 e. The maximum absolute atomic E-state index is 13.5. The first-order chi connectivity index (χ1) is 31.2. The van der Waals surface area contributed by atoms with Gasteiger partial charge in [-0.3, -0.25) is 24.0 Å². The highest BCUT2D eigenvalue weighted by molar-refractivity contribution is 6.50. The summed E-state index contributed by atoms with van der Waals surface area (Å²) in [4.78, 5) is 86.5. The molecule has 3 amide bonds. The summed E-state index contributed by atoms with van der Waals surface area (Å²) in [6.07, 6.45) is 0.127. The number of rotatable bonds is 16. The molecule has 1 aliphatic carbocycles. The van der Waals surface area contributed by atoms with Crippen molar-refractivity contribution in [2.45, 2.75) is 95.8 Å². The molecule has 18 nitrogen and oxygen atoms in total. The second-order valence-corrected chi connectivity index (χ2v) is 18.5. The summed E-state index contributed by atoms with van der Waals surface area (Å²) in [5.41, 5.74) is 0.503. The van der Waals surface area contributed by atoms with Gasteiger partial charge in [-0.25, -0.2) is 14.8 Å². The molecule has 3 aliphatic rings. The Bertz CT molecular complexity index is 2250. The first-order valence-electron chi connectivity index (χ1n) is 21.6. The van der Waals surface area contributed by atoms with Crippen molar-refractivity contribution in [3.8, 4) is 0 Å². The van der Waals surface area contributed by atoms with E-state index in [2.05, 4.69) is 51.6 Å². The lowest BCUT2D eigenvalue weighted by Crippen LogP contribution is -2.61. The molecule has 5 unspecified atom stereocenters. The van der Waals surface area contributed by atoms with Crippen molar-refractivity contribution in [2.24, 2.45) is 5.92 Å². The number of hydrogen-bond donors (Lipinski definition) is 6. The summed E-state index contributed by atoms with van der Waals surface area (Å²) in [5, 5.41) is 38.4. The second-order valence-electron chi connectivity index (χ2n) is 17.3. The number of halogens is 3. The van der Waals surface area contributed by atoms with Gasteiger partial charge >= 0.3 is 19.1 Å². The molecule has 6 rings (SSSR count). The van der Waals surface area contributed by atoms with E-state index in [4.69, 9.17) is 49.2 Å². The Morgan fingerprint density at radius 3 is 2.24 bits per heavy atom. The second kappa shape index (κ2) is 23.1.